The fraction of sp³-hybridized carbons (Fsp3) is 0.300. The van der Waals surface area contributed by atoms with Crippen molar-refractivity contribution in [3.05, 3.63) is 23.7 Å². The molecule has 0 aliphatic heterocycles. The zero-order chi connectivity index (χ0) is 10.8. The number of rotatable bonds is 2. The lowest BCUT2D eigenvalue weighted by Gasteiger charge is -1.99. The van der Waals surface area contributed by atoms with Gasteiger partial charge in [0.25, 0.3) is 0 Å². The third kappa shape index (κ3) is 1.56. The van der Waals surface area contributed by atoms with Crippen LogP contribution in [0.25, 0.3) is 11.2 Å². The molecule has 2 rings (SSSR count). The second-order valence-electron chi connectivity index (χ2n) is 3.10. The molecule has 1 N–H and O–H groups in total. The van der Waals surface area contributed by atoms with Gasteiger partial charge in [-0.05, 0) is 13.8 Å². The van der Waals surface area contributed by atoms with E-state index in [0.717, 1.165) is 5.69 Å². The highest BCUT2D eigenvalue weighted by molar-refractivity contribution is 6.02. The summed E-state index contributed by atoms with van der Waals surface area (Å²) in [5, 5.41) is 0. The van der Waals surface area contributed by atoms with Gasteiger partial charge in [0.1, 0.15) is 11.1 Å². The Hall–Kier alpha value is -1.91. The number of hydrogen-bond donors (Lipinski definition) is 1. The summed E-state index contributed by atoms with van der Waals surface area (Å²) in [7, 11) is 0. The van der Waals surface area contributed by atoms with Gasteiger partial charge in [-0.15, -0.1) is 0 Å². The first-order valence-corrected chi connectivity index (χ1v) is 4.70. The molecule has 2 aromatic heterocycles. The summed E-state index contributed by atoms with van der Waals surface area (Å²) >= 11 is 0. The monoisotopic (exact) mass is 205 g/mol. The quantitative estimate of drug-likeness (QED) is 0.753. The second kappa shape index (κ2) is 3.68. The van der Waals surface area contributed by atoms with Crippen molar-refractivity contribution in [3.63, 3.8) is 0 Å². The normalized spacial score (nSPS) is 10.5. The van der Waals surface area contributed by atoms with Gasteiger partial charge in [-0.3, -0.25) is 4.98 Å². The molecular weight excluding hydrogens is 194 g/mol. The van der Waals surface area contributed by atoms with E-state index in [4.69, 9.17) is 4.74 Å². The van der Waals surface area contributed by atoms with Crippen LogP contribution >= 0.6 is 0 Å². The highest BCUT2D eigenvalue weighted by Crippen LogP contribution is 2.18. The molecule has 0 radical (unpaired) electrons. The van der Waals surface area contributed by atoms with Crippen molar-refractivity contribution in [1.29, 1.82) is 0 Å². The lowest BCUT2D eigenvalue weighted by atomic mass is 10.2. The summed E-state index contributed by atoms with van der Waals surface area (Å²) in [6.07, 6.45) is 3.13. The third-order valence-corrected chi connectivity index (χ3v) is 2.10. The zero-order valence-electron chi connectivity index (χ0n) is 8.57. The van der Waals surface area contributed by atoms with Gasteiger partial charge in [-0.1, -0.05) is 0 Å². The maximum absolute atomic E-state index is 11.6. The Kier molecular flexibility index (Phi) is 2.37. The van der Waals surface area contributed by atoms with Crippen LogP contribution in [0.15, 0.2) is 12.4 Å². The van der Waals surface area contributed by atoms with Crippen molar-refractivity contribution < 1.29 is 9.53 Å². The number of aryl methyl sites for hydroxylation is 1. The predicted octanol–water partition coefficient (Wildman–Crippen LogP) is 1.44. The van der Waals surface area contributed by atoms with Crippen molar-refractivity contribution in [1.82, 2.24) is 15.0 Å². The van der Waals surface area contributed by atoms with Crippen LogP contribution in [0.4, 0.5) is 0 Å². The first kappa shape index (κ1) is 9.64. The Bertz CT molecular complexity index is 504. The van der Waals surface area contributed by atoms with E-state index in [0.29, 0.717) is 23.3 Å². The van der Waals surface area contributed by atoms with Crippen molar-refractivity contribution in [2.75, 3.05) is 6.61 Å². The highest BCUT2D eigenvalue weighted by atomic mass is 16.5. The van der Waals surface area contributed by atoms with E-state index in [1.807, 2.05) is 0 Å². The molecular formula is C10H11N3O2. The first-order chi connectivity index (χ1) is 7.24. The number of carbonyl (C=O) groups is 1. The number of aromatic nitrogens is 3. The molecule has 0 aliphatic rings. The standard InChI is InChI=1S/C10H11N3O2/c1-3-15-10(14)7-6(2)13-9-8(7)11-4-5-12-9/h4-5H,3H2,1-2H3,(H,12,13). The van der Waals surface area contributed by atoms with Gasteiger partial charge in [0.2, 0.25) is 0 Å². The number of nitrogens with one attached hydrogen (secondary N) is 1. The van der Waals surface area contributed by atoms with Crippen LogP contribution in [0.2, 0.25) is 0 Å². The van der Waals surface area contributed by atoms with Gasteiger partial charge in [-0.2, -0.15) is 0 Å². The Morgan fingerprint density at radius 1 is 1.47 bits per heavy atom. The molecule has 5 nitrogen and oxygen atoms in total. The molecule has 78 valence electrons. The van der Waals surface area contributed by atoms with Crippen LogP contribution in [0, 0.1) is 6.92 Å². The number of aromatic amines is 1. The number of ether oxygens (including phenoxy) is 1. The number of esters is 1. The predicted molar refractivity (Wildman–Crippen MR) is 54.6 cm³/mol. The number of hydrogen-bond acceptors (Lipinski definition) is 4. The molecule has 0 unspecified atom stereocenters. The van der Waals surface area contributed by atoms with Gasteiger partial charge in [0, 0.05) is 18.1 Å². The fourth-order valence-corrected chi connectivity index (χ4v) is 1.48. The molecule has 2 aromatic rings. The van der Waals surface area contributed by atoms with E-state index in [1.165, 1.54) is 0 Å². The fourth-order valence-electron chi connectivity index (χ4n) is 1.48. The summed E-state index contributed by atoms with van der Waals surface area (Å²) in [4.78, 5) is 22.8. The smallest absolute Gasteiger partial charge is 0.342 e. The summed E-state index contributed by atoms with van der Waals surface area (Å²) in [6.45, 7) is 3.93. The number of fused-ring (bicyclic) bond motifs is 1. The topological polar surface area (TPSA) is 67.9 Å². The Labute approximate surface area is 86.5 Å². The number of nitrogens with zero attached hydrogens (tertiary/aromatic N) is 2. The minimum atomic E-state index is -0.359. The Balaban J connectivity index is 2.58. The van der Waals surface area contributed by atoms with Gasteiger partial charge in [0.15, 0.2) is 5.65 Å². The van der Waals surface area contributed by atoms with Crippen molar-refractivity contribution in [3.8, 4) is 0 Å². The van der Waals surface area contributed by atoms with E-state index >= 15 is 0 Å². The molecule has 0 atom stereocenters. The molecule has 2 heterocycles. The first-order valence-electron chi connectivity index (χ1n) is 4.70. The zero-order valence-corrected chi connectivity index (χ0v) is 8.57. The molecule has 0 bridgehead atoms. The van der Waals surface area contributed by atoms with E-state index in [1.54, 1.807) is 26.2 Å². The molecule has 0 fully saturated rings. The molecule has 0 aliphatic carbocycles. The van der Waals surface area contributed by atoms with Crippen LogP contribution < -0.4 is 0 Å². The Morgan fingerprint density at radius 3 is 2.93 bits per heavy atom. The van der Waals surface area contributed by atoms with E-state index < -0.39 is 0 Å². The van der Waals surface area contributed by atoms with Crippen LogP contribution in [0.1, 0.15) is 23.0 Å². The molecule has 5 heteroatoms. The average molecular weight is 205 g/mol. The minimum Gasteiger partial charge on any atom is -0.462 e. The number of H-pyrrole nitrogens is 1. The van der Waals surface area contributed by atoms with Crippen LogP contribution in [0.3, 0.4) is 0 Å². The summed E-state index contributed by atoms with van der Waals surface area (Å²) in [6, 6.07) is 0. The molecule has 15 heavy (non-hydrogen) atoms. The van der Waals surface area contributed by atoms with Crippen molar-refractivity contribution in [2.45, 2.75) is 13.8 Å². The van der Waals surface area contributed by atoms with Gasteiger partial charge >= 0.3 is 5.97 Å². The minimum absolute atomic E-state index is 0.352. The lowest BCUT2D eigenvalue weighted by Crippen LogP contribution is -2.05. The molecule has 0 amide bonds. The van der Waals surface area contributed by atoms with Crippen molar-refractivity contribution >= 4 is 17.1 Å². The van der Waals surface area contributed by atoms with Gasteiger partial charge in [0.05, 0.1) is 6.61 Å². The van der Waals surface area contributed by atoms with E-state index in [9.17, 15) is 4.79 Å². The molecule has 0 saturated carbocycles. The molecule has 0 aromatic carbocycles. The summed E-state index contributed by atoms with van der Waals surface area (Å²) in [5.41, 5.74) is 2.38. The van der Waals surface area contributed by atoms with E-state index in [-0.39, 0.29) is 5.97 Å². The second-order valence-corrected chi connectivity index (χ2v) is 3.10. The van der Waals surface area contributed by atoms with Crippen LogP contribution in [-0.2, 0) is 4.74 Å². The van der Waals surface area contributed by atoms with Crippen LogP contribution in [-0.4, -0.2) is 27.5 Å². The number of carbonyl (C=O) groups excluding carboxylic acids is 1. The lowest BCUT2D eigenvalue weighted by molar-refractivity contribution is 0.0527. The largest absolute Gasteiger partial charge is 0.462 e. The highest BCUT2D eigenvalue weighted by Gasteiger charge is 2.18. The summed E-state index contributed by atoms with van der Waals surface area (Å²) < 4.78 is 4.95. The maximum atomic E-state index is 11.6. The Morgan fingerprint density at radius 2 is 2.20 bits per heavy atom. The van der Waals surface area contributed by atoms with E-state index in [2.05, 4.69) is 15.0 Å². The SMILES string of the molecule is CCOC(=O)c1c(C)[nH]c2nccnc12. The van der Waals surface area contributed by atoms with Gasteiger partial charge < -0.3 is 9.72 Å². The van der Waals surface area contributed by atoms with Gasteiger partial charge in [-0.25, -0.2) is 9.78 Å². The maximum Gasteiger partial charge on any atom is 0.342 e. The van der Waals surface area contributed by atoms with Crippen LogP contribution in [0.5, 0.6) is 0 Å². The molecule has 0 saturated heterocycles. The average Bonchev–Trinajstić information content (AvgIpc) is 2.54. The third-order valence-electron chi connectivity index (χ3n) is 2.10. The molecule has 0 spiro atoms. The van der Waals surface area contributed by atoms with Crippen molar-refractivity contribution in [2.24, 2.45) is 0 Å². The summed E-state index contributed by atoms with van der Waals surface area (Å²) in [5.74, 6) is -0.359.